The van der Waals surface area contributed by atoms with Gasteiger partial charge in [-0.2, -0.15) is 0 Å². The first kappa shape index (κ1) is 16.1. The highest BCUT2D eigenvalue weighted by Crippen LogP contribution is 2.33. The lowest BCUT2D eigenvalue weighted by Crippen LogP contribution is -2.15. The van der Waals surface area contributed by atoms with Crippen LogP contribution in [0.2, 0.25) is 0 Å². The van der Waals surface area contributed by atoms with E-state index in [0.29, 0.717) is 13.0 Å². The van der Waals surface area contributed by atoms with Gasteiger partial charge in [0.15, 0.2) is 0 Å². The van der Waals surface area contributed by atoms with Crippen LogP contribution in [-0.2, 0) is 11.2 Å². The molecule has 0 saturated carbocycles. The number of carbonyl (C=O) groups is 1. The minimum Gasteiger partial charge on any atom is -0.494 e. The summed E-state index contributed by atoms with van der Waals surface area (Å²) in [5.41, 5.74) is 1.76. The van der Waals surface area contributed by atoms with E-state index in [1.165, 1.54) is 0 Å². The normalized spacial score (nSPS) is 12.0. The third kappa shape index (κ3) is 3.25. The fraction of sp³-hybridized carbons (Fsp3) is 0.190. The van der Waals surface area contributed by atoms with E-state index in [2.05, 4.69) is 0 Å². The van der Waals surface area contributed by atoms with E-state index in [4.69, 9.17) is 4.74 Å². The van der Waals surface area contributed by atoms with Crippen molar-refractivity contribution in [3.63, 3.8) is 0 Å². The molecule has 0 radical (unpaired) electrons. The van der Waals surface area contributed by atoms with Gasteiger partial charge in [-0.3, -0.25) is 4.79 Å². The summed E-state index contributed by atoms with van der Waals surface area (Å²) in [6.45, 7) is 2.49. The summed E-state index contributed by atoms with van der Waals surface area (Å²) in [5, 5.41) is 11.9. The molecule has 0 aromatic heterocycles. The molecular weight excluding hydrogens is 300 g/mol. The molecule has 24 heavy (non-hydrogen) atoms. The molecule has 3 aromatic rings. The number of fused-ring (bicyclic) bond motifs is 1. The number of carboxylic acid groups (broad SMARTS) is 1. The molecule has 0 spiro atoms. The molecule has 122 valence electrons. The van der Waals surface area contributed by atoms with Crippen LogP contribution in [0.25, 0.3) is 10.8 Å². The van der Waals surface area contributed by atoms with Gasteiger partial charge in [0.1, 0.15) is 5.75 Å². The average Bonchev–Trinajstić information content (AvgIpc) is 2.61. The number of carboxylic acids is 1. The molecule has 1 unspecified atom stereocenters. The van der Waals surface area contributed by atoms with Crippen LogP contribution >= 0.6 is 0 Å². The molecule has 0 aliphatic carbocycles. The topological polar surface area (TPSA) is 46.5 Å². The zero-order chi connectivity index (χ0) is 16.9. The van der Waals surface area contributed by atoms with Gasteiger partial charge >= 0.3 is 5.97 Å². The summed E-state index contributed by atoms with van der Waals surface area (Å²) in [5.74, 6) is -0.661. The van der Waals surface area contributed by atoms with Crippen molar-refractivity contribution in [3.8, 4) is 5.75 Å². The van der Waals surface area contributed by atoms with Crippen molar-refractivity contribution >= 4 is 16.7 Å². The highest BCUT2D eigenvalue weighted by atomic mass is 16.5. The van der Waals surface area contributed by atoms with Crippen molar-refractivity contribution in [1.29, 1.82) is 0 Å². The monoisotopic (exact) mass is 320 g/mol. The van der Waals surface area contributed by atoms with Gasteiger partial charge in [-0.05, 0) is 35.7 Å². The van der Waals surface area contributed by atoms with Gasteiger partial charge in [0.05, 0.1) is 12.5 Å². The molecule has 0 bridgehead atoms. The quantitative estimate of drug-likeness (QED) is 0.719. The first-order valence-corrected chi connectivity index (χ1v) is 8.12. The summed E-state index contributed by atoms with van der Waals surface area (Å²) < 4.78 is 5.77. The van der Waals surface area contributed by atoms with E-state index >= 15 is 0 Å². The SMILES string of the molecule is CCOc1ccc2ccccc2c1CC(C(=O)O)c1ccccc1. The molecule has 0 heterocycles. The smallest absolute Gasteiger partial charge is 0.311 e. The zero-order valence-corrected chi connectivity index (χ0v) is 13.6. The average molecular weight is 320 g/mol. The van der Waals surface area contributed by atoms with Gasteiger partial charge < -0.3 is 9.84 Å². The molecule has 3 rings (SSSR count). The second kappa shape index (κ2) is 7.18. The van der Waals surface area contributed by atoms with Crippen LogP contribution in [0.5, 0.6) is 5.75 Å². The highest BCUT2D eigenvalue weighted by Gasteiger charge is 2.23. The van der Waals surface area contributed by atoms with Gasteiger partial charge in [-0.15, -0.1) is 0 Å². The third-order valence-corrected chi connectivity index (χ3v) is 4.21. The maximum Gasteiger partial charge on any atom is 0.311 e. The Balaban J connectivity index is 2.09. The van der Waals surface area contributed by atoms with Gasteiger partial charge in [0, 0.05) is 5.56 Å². The predicted molar refractivity (Wildman–Crippen MR) is 95.6 cm³/mol. The number of benzene rings is 3. The van der Waals surface area contributed by atoms with Crippen LogP contribution in [0, 0.1) is 0 Å². The Morgan fingerprint density at radius 3 is 2.42 bits per heavy atom. The summed E-state index contributed by atoms with van der Waals surface area (Å²) >= 11 is 0. The van der Waals surface area contributed by atoms with Crippen LogP contribution in [-0.4, -0.2) is 17.7 Å². The lowest BCUT2D eigenvalue weighted by atomic mass is 9.89. The Hall–Kier alpha value is -2.81. The third-order valence-electron chi connectivity index (χ3n) is 4.21. The van der Waals surface area contributed by atoms with Crippen LogP contribution in [0.15, 0.2) is 66.7 Å². The maximum atomic E-state index is 11.9. The van der Waals surface area contributed by atoms with Crippen molar-refractivity contribution in [1.82, 2.24) is 0 Å². The van der Waals surface area contributed by atoms with Crippen LogP contribution < -0.4 is 4.74 Å². The van der Waals surface area contributed by atoms with Gasteiger partial charge in [-0.25, -0.2) is 0 Å². The summed E-state index contributed by atoms with van der Waals surface area (Å²) in [6, 6.07) is 21.3. The Kier molecular flexibility index (Phi) is 4.80. The Morgan fingerprint density at radius 2 is 1.71 bits per heavy atom. The van der Waals surface area contributed by atoms with Crippen molar-refractivity contribution in [2.45, 2.75) is 19.3 Å². The number of aliphatic carboxylic acids is 1. The fourth-order valence-corrected chi connectivity index (χ4v) is 3.05. The molecule has 0 aliphatic rings. The summed E-state index contributed by atoms with van der Waals surface area (Å²) in [4.78, 5) is 11.9. The largest absolute Gasteiger partial charge is 0.494 e. The second-order valence-electron chi connectivity index (χ2n) is 5.70. The second-order valence-corrected chi connectivity index (χ2v) is 5.70. The molecular formula is C21H20O3. The summed E-state index contributed by atoms with van der Waals surface area (Å²) in [6.07, 6.45) is 0.399. The minimum atomic E-state index is -0.823. The first-order chi connectivity index (χ1) is 11.7. The van der Waals surface area contributed by atoms with Crippen molar-refractivity contribution in [2.24, 2.45) is 0 Å². The standard InChI is InChI=1S/C21H20O3/c1-2-24-20-13-12-16-10-6-7-11-17(16)19(20)14-18(21(22)23)15-8-4-3-5-9-15/h3-13,18H,2,14H2,1H3,(H,22,23). The van der Waals surface area contributed by atoms with Crippen molar-refractivity contribution in [3.05, 3.63) is 77.9 Å². The van der Waals surface area contributed by atoms with E-state index in [9.17, 15) is 9.90 Å². The van der Waals surface area contributed by atoms with E-state index in [-0.39, 0.29) is 0 Å². The van der Waals surface area contributed by atoms with Crippen molar-refractivity contribution < 1.29 is 14.6 Å². The fourth-order valence-electron chi connectivity index (χ4n) is 3.05. The molecule has 1 N–H and O–H groups in total. The molecule has 0 aliphatic heterocycles. The molecule has 0 saturated heterocycles. The molecule has 1 atom stereocenters. The Bertz CT molecular complexity index is 840. The molecule has 3 heteroatoms. The van der Waals surface area contributed by atoms with E-state index in [1.807, 2.05) is 73.7 Å². The highest BCUT2D eigenvalue weighted by molar-refractivity contribution is 5.89. The number of rotatable bonds is 6. The predicted octanol–water partition coefficient (Wildman–Crippen LogP) is 4.65. The Morgan fingerprint density at radius 1 is 1.00 bits per heavy atom. The van der Waals surface area contributed by atoms with E-state index in [1.54, 1.807) is 0 Å². The van der Waals surface area contributed by atoms with Gasteiger partial charge in [0.25, 0.3) is 0 Å². The number of hydrogen-bond donors (Lipinski definition) is 1. The van der Waals surface area contributed by atoms with Crippen LogP contribution in [0.1, 0.15) is 24.0 Å². The molecule has 3 nitrogen and oxygen atoms in total. The summed E-state index contributed by atoms with van der Waals surface area (Å²) in [7, 11) is 0. The molecule has 0 amide bonds. The van der Waals surface area contributed by atoms with Crippen LogP contribution in [0.4, 0.5) is 0 Å². The number of hydrogen-bond acceptors (Lipinski definition) is 2. The minimum absolute atomic E-state index is 0.399. The molecule has 3 aromatic carbocycles. The lowest BCUT2D eigenvalue weighted by Gasteiger charge is -2.18. The van der Waals surface area contributed by atoms with E-state index < -0.39 is 11.9 Å². The van der Waals surface area contributed by atoms with Crippen molar-refractivity contribution in [2.75, 3.05) is 6.61 Å². The maximum absolute atomic E-state index is 11.9. The van der Waals surface area contributed by atoms with Gasteiger partial charge in [-0.1, -0.05) is 60.7 Å². The zero-order valence-electron chi connectivity index (χ0n) is 13.6. The van der Waals surface area contributed by atoms with E-state index in [0.717, 1.165) is 27.6 Å². The van der Waals surface area contributed by atoms with Crippen LogP contribution in [0.3, 0.4) is 0 Å². The first-order valence-electron chi connectivity index (χ1n) is 8.12. The van der Waals surface area contributed by atoms with Gasteiger partial charge in [0.2, 0.25) is 0 Å². The number of ether oxygens (including phenoxy) is 1. The lowest BCUT2D eigenvalue weighted by molar-refractivity contribution is -0.138. The molecule has 0 fully saturated rings. The Labute approximate surface area is 141 Å².